The van der Waals surface area contributed by atoms with Gasteiger partial charge in [0.15, 0.2) is 6.29 Å². The largest absolute Gasteiger partial charge is 0.463 e. The van der Waals surface area contributed by atoms with Gasteiger partial charge >= 0.3 is 5.97 Å². The summed E-state index contributed by atoms with van der Waals surface area (Å²) >= 11 is 0. The number of hydrogen-bond acceptors (Lipinski definition) is 4. The normalized spacial score (nSPS) is 18.8. The van der Waals surface area contributed by atoms with Gasteiger partial charge in [-0.3, -0.25) is 0 Å². The Balaban J connectivity index is 2.08. The van der Waals surface area contributed by atoms with Crippen molar-refractivity contribution in [2.24, 2.45) is 0 Å². The zero-order valence-electron chi connectivity index (χ0n) is 15.6. The minimum absolute atomic E-state index is 0.0981. The summed E-state index contributed by atoms with van der Waals surface area (Å²) in [5, 5.41) is 2.45. The van der Waals surface area contributed by atoms with Gasteiger partial charge in [0.25, 0.3) is 0 Å². The van der Waals surface area contributed by atoms with Gasteiger partial charge in [-0.05, 0) is 32.6 Å². The molecule has 1 unspecified atom stereocenters. The van der Waals surface area contributed by atoms with Crippen molar-refractivity contribution in [2.75, 3.05) is 19.8 Å². The Labute approximate surface area is 152 Å². The quantitative estimate of drug-likeness (QED) is 0.403. The van der Waals surface area contributed by atoms with Crippen LogP contribution in [0.25, 0.3) is 0 Å². The van der Waals surface area contributed by atoms with Crippen LogP contribution in [0.4, 0.5) is 0 Å². The first-order valence-electron chi connectivity index (χ1n) is 9.20. The molecule has 5 heteroatoms. The average molecular weight is 363 g/mol. The molecule has 0 amide bonds. The second kappa shape index (κ2) is 9.90. The molecule has 0 aromatic heterocycles. The molecule has 1 saturated heterocycles. The molecule has 1 atom stereocenters. The van der Waals surface area contributed by atoms with E-state index < -0.39 is 8.07 Å². The van der Waals surface area contributed by atoms with Crippen molar-refractivity contribution in [3.63, 3.8) is 0 Å². The Kier molecular flexibility index (Phi) is 7.87. The van der Waals surface area contributed by atoms with Gasteiger partial charge in [0.1, 0.15) is 8.07 Å². The molecule has 1 aliphatic rings. The van der Waals surface area contributed by atoms with E-state index in [1.165, 1.54) is 5.19 Å². The summed E-state index contributed by atoms with van der Waals surface area (Å²) in [6.45, 7) is 8.10. The molecule has 0 bridgehead atoms. The molecule has 138 valence electrons. The molecule has 25 heavy (non-hydrogen) atoms. The van der Waals surface area contributed by atoms with Crippen molar-refractivity contribution >= 4 is 19.2 Å². The zero-order chi connectivity index (χ0) is 18.1. The Bertz CT molecular complexity index is 562. The fraction of sp³-hybridized carbons (Fsp3) is 0.550. The molecule has 2 rings (SSSR count). The van der Waals surface area contributed by atoms with E-state index in [0.717, 1.165) is 37.5 Å². The zero-order valence-corrected chi connectivity index (χ0v) is 16.6. The third kappa shape index (κ3) is 6.10. The van der Waals surface area contributed by atoms with Crippen LogP contribution < -0.4 is 5.19 Å². The van der Waals surface area contributed by atoms with Crippen LogP contribution in [0.5, 0.6) is 0 Å². The van der Waals surface area contributed by atoms with E-state index in [0.29, 0.717) is 13.2 Å². The lowest BCUT2D eigenvalue weighted by atomic mass is 10.2. The topological polar surface area (TPSA) is 44.8 Å². The van der Waals surface area contributed by atoms with E-state index in [9.17, 15) is 4.79 Å². The number of benzene rings is 1. The molecule has 0 spiro atoms. The molecule has 1 aromatic carbocycles. The van der Waals surface area contributed by atoms with Crippen LogP contribution in [0.3, 0.4) is 0 Å². The molecular formula is C20H30O4Si. The number of carbonyl (C=O) groups excluding carboxylic acids is 1. The second-order valence-corrected chi connectivity index (χ2v) is 11.3. The van der Waals surface area contributed by atoms with Crippen LogP contribution in [-0.4, -0.2) is 40.2 Å². The first-order chi connectivity index (χ1) is 12.0. The van der Waals surface area contributed by atoms with Crippen LogP contribution >= 0.6 is 0 Å². The number of ether oxygens (including phenoxy) is 3. The molecule has 1 heterocycles. The van der Waals surface area contributed by atoms with Crippen molar-refractivity contribution in [3.05, 3.63) is 41.6 Å². The highest BCUT2D eigenvalue weighted by Gasteiger charge is 2.29. The van der Waals surface area contributed by atoms with Gasteiger partial charge < -0.3 is 14.2 Å². The van der Waals surface area contributed by atoms with Crippen LogP contribution in [-0.2, 0) is 19.0 Å². The summed E-state index contributed by atoms with van der Waals surface area (Å²) in [7, 11) is -1.95. The van der Waals surface area contributed by atoms with Gasteiger partial charge in [-0.25, -0.2) is 4.79 Å². The minimum atomic E-state index is -1.95. The lowest BCUT2D eigenvalue weighted by Gasteiger charge is -2.28. The van der Waals surface area contributed by atoms with Crippen molar-refractivity contribution in [1.82, 2.24) is 0 Å². The Morgan fingerprint density at radius 1 is 1.28 bits per heavy atom. The molecule has 1 fully saturated rings. The molecule has 1 aromatic rings. The van der Waals surface area contributed by atoms with Crippen LogP contribution in [0.2, 0.25) is 13.1 Å². The lowest BCUT2D eigenvalue weighted by molar-refractivity contribution is -0.161. The maximum Gasteiger partial charge on any atom is 0.330 e. The molecular weight excluding hydrogens is 332 g/mol. The number of rotatable bonds is 8. The van der Waals surface area contributed by atoms with Gasteiger partial charge in [-0.15, -0.1) is 0 Å². The molecule has 0 aliphatic carbocycles. The van der Waals surface area contributed by atoms with E-state index in [-0.39, 0.29) is 12.3 Å². The standard InChI is InChI=1S/C20H30O4Si/c1-4-22-19(21)16-18(13-15-24-20-12-8-9-14-23-20)25(2,3)17-10-6-5-7-11-17/h5-7,10-11,16,20H,4,8-9,12-15H2,1-3H3/b18-16-. The van der Waals surface area contributed by atoms with E-state index in [4.69, 9.17) is 14.2 Å². The monoisotopic (exact) mass is 362 g/mol. The van der Waals surface area contributed by atoms with Crippen molar-refractivity contribution in [1.29, 1.82) is 0 Å². The van der Waals surface area contributed by atoms with Crippen molar-refractivity contribution in [3.8, 4) is 0 Å². The fourth-order valence-corrected chi connectivity index (χ4v) is 5.68. The Morgan fingerprint density at radius 3 is 2.68 bits per heavy atom. The smallest absolute Gasteiger partial charge is 0.330 e. The number of hydrogen-bond donors (Lipinski definition) is 0. The maximum absolute atomic E-state index is 12.1. The highest BCUT2D eigenvalue weighted by molar-refractivity contribution is 6.95. The van der Waals surface area contributed by atoms with Crippen LogP contribution in [0, 0.1) is 0 Å². The van der Waals surface area contributed by atoms with E-state index in [1.807, 2.05) is 13.0 Å². The first kappa shape index (κ1) is 19.9. The fourth-order valence-electron chi connectivity index (χ4n) is 3.07. The summed E-state index contributed by atoms with van der Waals surface area (Å²) in [6, 6.07) is 10.4. The van der Waals surface area contributed by atoms with Crippen molar-refractivity contribution in [2.45, 2.75) is 52.0 Å². The predicted molar refractivity (Wildman–Crippen MR) is 102 cm³/mol. The predicted octanol–water partition coefficient (Wildman–Crippen LogP) is 3.56. The van der Waals surface area contributed by atoms with Crippen LogP contribution in [0.15, 0.2) is 41.6 Å². The third-order valence-corrected chi connectivity index (χ3v) is 8.47. The molecule has 4 nitrogen and oxygen atoms in total. The van der Waals surface area contributed by atoms with Gasteiger partial charge in [0, 0.05) is 12.7 Å². The van der Waals surface area contributed by atoms with Gasteiger partial charge in [-0.2, -0.15) is 0 Å². The third-order valence-electron chi connectivity index (χ3n) is 4.69. The SMILES string of the molecule is CCOC(=O)/C=C(/CCOC1CCCCO1)[Si](C)(C)c1ccccc1. The molecule has 0 N–H and O–H groups in total. The second-order valence-electron chi connectivity index (χ2n) is 6.83. The number of esters is 1. The van der Waals surface area contributed by atoms with Crippen molar-refractivity contribution < 1.29 is 19.0 Å². The van der Waals surface area contributed by atoms with Crippen LogP contribution in [0.1, 0.15) is 32.6 Å². The van der Waals surface area contributed by atoms with Gasteiger partial charge in [0.05, 0.1) is 13.2 Å². The summed E-state index contributed by atoms with van der Waals surface area (Å²) in [6.07, 6.45) is 5.54. The highest BCUT2D eigenvalue weighted by atomic mass is 28.3. The van der Waals surface area contributed by atoms with E-state index in [2.05, 4.69) is 37.4 Å². The maximum atomic E-state index is 12.1. The molecule has 1 aliphatic heterocycles. The molecule has 0 saturated carbocycles. The number of carbonyl (C=O) groups is 1. The van der Waals surface area contributed by atoms with E-state index >= 15 is 0 Å². The summed E-state index contributed by atoms with van der Waals surface area (Å²) in [5.74, 6) is -0.261. The van der Waals surface area contributed by atoms with Gasteiger partial charge in [-0.1, -0.05) is 53.8 Å². The molecule has 0 radical (unpaired) electrons. The summed E-state index contributed by atoms with van der Waals surface area (Å²) < 4.78 is 16.7. The first-order valence-corrected chi connectivity index (χ1v) is 12.2. The summed E-state index contributed by atoms with van der Waals surface area (Å²) in [5.41, 5.74) is 0. The minimum Gasteiger partial charge on any atom is -0.463 e. The Hall–Kier alpha value is -1.43. The summed E-state index contributed by atoms with van der Waals surface area (Å²) in [4.78, 5) is 12.1. The average Bonchev–Trinajstić information content (AvgIpc) is 2.62. The van der Waals surface area contributed by atoms with E-state index in [1.54, 1.807) is 6.08 Å². The highest BCUT2D eigenvalue weighted by Crippen LogP contribution is 2.21. The lowest BCUT2D eigenvalue weighted by Crippen LogP contribution is -2.44. The van der Waals surface area contributed by atoms with Gasteiger partial charge in [0.2, 0.25) is 0 Å². The Morgan fingerprint density at radius 2 is 2.04 bits per heavy atom.